The molecule has 4 N–H and O–H groups in total. The number of hydrogen-bond donors (Lipinski definition) is 3. The lowest BCUT2D eigenvalue weighted by Crippen LogP contribution is -2.87. The Labute approximate surface area is 114 Å². The Morgan fingerprint density at radius 2 is 2.05 bits per heavy atom. The van der Waals surface area contributed by atoms with E-state index in [1.807, 2.05) is 5.32 Å². The maximum absolute atomic E-state index is 10.9. The second kappa shape index (κ2) is 7.36. The van der Waals surface area contributed by atoms with Crippen molar-refractivity contribution in [2.24, 2.45) is 0 Å². The SMILES string of the molecule is C[C@@H](O)C[NH2+]CCNc1ccc([N+](=O)[O-])cc1[N+](=O)[O-]. The number of non-ortho nitro benzene ring substituents is 1. The van der Waals surface area contributed by atoms with E-state index < -0.39 is 16.0 Å². The van der Waals surface area contributed by atoms with E-state index in [0.717, 1.165) is 6.07 Å². The molecule has 0 radical (unpaired) electrons. The van der Waals surface area contributed by atoms with Crippen LogP contribution in [0.3, 0.4) is 0 Å². The molecule has 0 heterocycles. The largest absolute Gasteiger partial charge is 0.388 e. The van der Waals surface area contributed by atoms with Gasteiger partial charge in [-0.2, -0.15) is 0 Å². The van der Waals surface area contributed by atoms with Gasteiger partial charge in [0.25, 0.3) is 11.4 Å². The number of aliphatic hydroxyl groups excluding tert-OH is 1. The zero-order chi connectivity index (χ0) is 15.1. The van der Waals surface area contributed by atoms with Gasteiger partial charge in [0.15, 0.2) is 0 Å². The Morgan fingerprint density at radius 3 is 2.60 bits per heavy atom. The molecule has 0 amide bonds. The molecule has 110 valence electrons. The fourth-order valence-electron chi connectivity index (χ4n) is 1.60. The van der Waals surface area contributed by atoms with Crippen LogP contribution < -0.4 is 10.6 Å². The van der Waals surface area contributed by atoms with E-state index >= 15 is 0 Å². The number of rotatable bonds is 8. The van der Waals surface area contributed by atoms with Crippen molar-refractivity contribution in [2.75, 3.05) is 25.0 Å². The van der Waals surface area contributed by atoms with Crippen LogP contribution in [-0.4, -0.2) is 40.7 Å². The summed E-state index contributed by atoms with van der Waals surface area (Å²) in [7, 11) is 0. The number of nitrogens with zero attached hydrogens (tertiary/aromatic N) is 2. The molecule has 0 aliphatic rings. The molecule has 0 saturated heterocycles. The van der Waals surface area contributed by atoms with Crippen LogP contribution in [0.1, 0.15) is 6.92 Å². The number of hydrogen-bond acceptors (Lipinski definition) is 6. The Bertz CT molecular complexity index is 492. The molecule has 9 nitrogen and oxygen atoms in total. The van der Waals surface area contributed by atoms with Crippen LogP contribution in [0.25, 0.3) is 0 Å². The fraction of sp³-hybridized carbons (Fsp3) is 0.455. The molecule has 0 aliphatic heterocycles. The van der Waals surface area contributed by atoms with Crippen LogP contribution in [-0.2, 0) is 0 Å². The zero-order valence-corrected chi connectivity index (χ0v) is 11.0. The van der Waals surface area contributed by atoms with E-state index in [0.29, 0.717) is 19.6 Å². The number of nitro groups is 2. The van der Waals surface area contributed by atoms with E-state index in [1.54, 1.807) is 6.92 Å². The summed E-state index contributed by atoms with van der Waals surface area (Å²) < 4.78 is 0. The first kappa shape index (κ1) is 15.8. The summed E-state index contributed by atoms with van der Waals surface area (Å²) in [6.07, 6.45) is -0.413. The molecule has 0 aliphatic carbocycles. The van der Waals surface area contributed by atoms with Crippen LogP contribution in [0.2, 0.25) is 0 Å². The summed E-state index contributed by atoms with van der Waals surface area (Å²) in [6, 6.07) is 3.47. The van der Waals surface area contributed by atoms with Crippen molar-refractivity contribution in [1.29, 1.82) is 0 Å². The first-order chi connectivity index (χ1) is 9.41. The molecule has 20 heavy (non-hydrogen) atoms. The van der Waals surface area contributed by atoms with Crippen LogP contribution in [0.5, 0.6) is 0 Å². The summed E-state index contributed by atoms with van der Waals surface area (Å²) in [6.45, 7) is 3.29. The Morgan fingerprint density at radius 1 is 1.35 bits per heavy atom. The lowest BCUT2D eigenvalue weighted by molar-refractivity contribution is -0.657. The first-order valence-electron chi connectivity index (χ1n) is 6.08. The van der Waals surface area contributed by atoms with E-state index in [9.17, 15) is 20.2 Å². The van der Waals surface area contributed by atoms with Crippen molar-refractivity contribution in [2.45, 2.75) is 13.0 Å². The van der Waals surface area contributed by atoms with Gasteiger partial charge in [-0.15, -0.1) is 0 Å². The minimum absolute atomic E-state index is 0.242. The lowest BCUT2D eigenvalue weighted by Gasteiger charge is -2.07. The summed E-state index contributed by atoms with van der Waals surface area (Å²) in [5.74, 6) is 0. The van der Waals surface area contributed by atoms with Crippen molar-refractivity contribution in [3.8, 4) is 0 Å². The standard InChI is InChI=1S/C11H16N4O5/c1-8(16)7-12-4-5-13-10-3-2-9(14(17)18)6-11(10)15(19)20/h2-3,6,8,12-13,16H,4-5,7H2,1H3/p+1/t8-/m1/s1. The summed E-state index contributed by atoms with van der Waals surface area (Å²) in [5, 5.41) is 35.3. The molecule has 0 aromatic heterocycles. The number of anilines is 1. The van der Waals surface area contributed by atoms with Crippen molar-refractivity contribution in [3.63, 3.8) is 0 Å². The molecule has 0 fully saturated rings. The summed E-state index contributed by atoms with van der Waals surface area (Å²) in [4.78, 5) is 20.1. The average Bonchev–Trinajstić information content (AvgIpc) is 2.37. The van der Waals surface area contributed by atoms with Crippen molar-refractivity contribution < 1.29 is 20.3 Å². The second-order valence-corrected chi connectivity index (χ2v) is 4.30. The smallest absolute Gasteiger partial charge is 0.299 e. The second-order valence-electron chi connectivity index (χ2n) is 4.30. The van der Waals surface area contributed by atoms with Gasteiger partial charge in [-0.1, -0.05) is 0 Å². The summed E-state index contributed by atoms with van der Waals surface area (Å²) >= 11 is 0. The number of benzene rings is 1. The van der Waals surface area contributed by atoms with E-state index in [2.05, 4.69) is 5.32 Å². The van der Waals surface area contributed by atoms with E-state index in [-0.39, 0.29) is 17.1 Å². The molecule has 0 bridgehead atoms. The quantitative estimate of drug-likeness (QED) is 0.345. The van der Waals surface area contributed by atoms with Gasteiger partial charge in [-0.25, -0.2) is 0 Å². The Hall–Kier alpha value is -2.26. The Kier molecular flexibility index (Phi) is 5.81. The third kappa shape index (κ3) is 4.78. The molecule has 1 rings (SSSR count). The normalized spacial score (nSPS) is 11.9. The maximum atomic E-state index is 10.9. The fourth-order valence-corrected chi connectivity index (χ4v) is 1.60. The molecule has 0 unspecified atom stereocenters. The highest BCUT2D eigenvalue weighted by molar-refractivity contribution is 5.65. The zero-order valence-electron chi connectivity index (χ0n) is 11.0. The number of nitro benzene ring substituents is 2. The maximum Gasteiger partial charge on any atom is 0.299 e. The number of nitrogens with two attached hydrogens (primary N) is 1. The number of aliphatic hydroxyl groups is 1. The minimum Gasteiger partial charge on any atom is -0.388 e. The molecule has 1 aromatic rings. The monoisotopic (exact) mass is 285 g/mol. The van der Waals surface area contributed by atoms with Gasteiger partial charge in [0, 0.05) is 6.07 Å². The van der Waals surface area contributed by atoms with Crippen molar-refractivity contribution in [1.82, 2.24) is 0 Å². The topological polar surface area (TPSA) is 135 Å². The Balaban J connectivity index is 2.65. The van der Waals surface area contributed by atoms with Gasteiger partial charge >= 0.3 is 0 Å². The van der Waals surface area contributed by atoms with E-state index in [4.69, 9.17) is 5.11 Å². The van der Waals surface area contributed by atoms with Crippen LogP contribution >= 0.6 is 0 Å². The molecule has 1 aromatic carbocycles. The highest BCUT2D eigenvalue weighted by atomic mass is 16.6. The van der Waals surface area contributed by atoms with Gasteiger partial charge in [0.1, 0.15) is 12.2 Å². The third-order valence-corrected chi connectivity index (χ3v) is 2.56. The summed E-state index contributed by atoms with van der Waals surface area (Å²) in [5.41, 5.74) is -0.399. The molecule has 0 spiro atoms. The van der Waals surface area contributed by atoms with Gasteiger partial charge in [0.2, 0.25) is 0 Å². The molecule has 9 heteroatoms. The van der Waals surface area contributed by atoms with Gasteiger partial charge in [-0.3, -0.25) is 20.2 Å². The van der Waals surface area contributed by atoms with Crippen LogP contribution in [0.15, 0.2) is 18.2 Å². The number of quaternary nitrogens is 1. The molecular weight excluding hydrogens is 268 g/mol. The predicted octanol–water partition coefficient (Wildman–Crippen LogP) is -0.141. The van der Waals surface area contributed by atoms with Gasteiger partial charge < -0.3 is 15.7 Å². The van der Waals surface area contributed by atoms with Gasteiger partial charge in [0.05, 0.1) is 35.1 Å². The highest BCUT2D eigenvalue weighted by Crippen LogP contribution is 2.28. The van der Waals surface area contributed by atoms with Crippen LogP contribution in [0.4, 0.5) is 17.1 Å². The van der Waals surface area contributed by atoms with Crippen molar-refractivity contribution in [3.05, 3.63) is 38.4 Å². The molecular formula is C11H17N4O5+. The number of nitrogens with one attached hydrogen (secondary N) is 1. The van der Waals surface area contributed by atoms with Gasteiger partial charge in [-0.05, 0) is 13.0 Å². The van der Waals surface area contributed by atoms with Crippen LogP contribution in [0, 0.1) is 20.2 Å². The lowest BCUT2D eigenvalue weighted by atomic mass is 10.2. The minimum atomic E-state index is -0.673. The molecule has 1 atom stereocenters. The predicted molar refractivity (Wildman–Crippen MR) is 71.6 cm³/mol. The highest BCUT2D eigenvalue weighted by Gasteiger charge is 2.19. The third-order valence-electron chi connectivity index (χ3n) is 2.56. The van der Waals surface area contributed by atoms with E-state index in [1.165, 1.54) is 12.1 Å². The van der Waals surface area contributed by atoms with Crippen molar-refractivity contribution >= 4 is 17.1 Å². The molecule has 0 saturated carbocycles. The first-order valence-corrected chi connectivity index (χ1v) is 6.08. The average molecular weight is 285 g/mol.